The molecule has 0 aliphatic carbocycles. The second kappa shape index (κ2) is 7.15. The number of imidazole rings is 1. The Balaban J connectivity index is 1.52. The van der Waals surface area contributed by atoms with Crippen molar-refractivity contribution < 1.29 is 4.74 Å². The number of rotatable bonds is 5. The summed E-state index contributed by atoms with van der Waals surface area (Å²) >= 11 is 1.63. The van der Waals surface area contributed by atoms with Crippen LogP contribution in [0.3, 0.4) is 0 Å². The number of ether oxygens (including phenoxy) is 1. The summed E-state index contributed by atoms with van der Waals surface area (Å²) < 4.78 is 7.18. The number of nitrogens with zero attached hydrogens (tertiary/aromatic N) is 3. The summed E-state index contributed by atoms with van der Waals surface area (Å²) in [5, 5.41) is 8.58. The molecular weight excluding hydrogens is 310 g/mol. The molecule has 0 saturated carbocycles. The van der Waals surface area contributed by atoms with Crippen molar-refractivity contribution in [1.29, 1.82) is 0 Å². The van der Waals surface area contributed by atoms with Crippen LogP contribution < -0.4 is 15.4 Å². The fourth-order valence-corrected chi connectivity index (χ4v) is 2.90. The molecule has 1 aromatic carbocycles. The van der Waals surface area contributed by atoms with E-state index in [-0.39, 0.29) is 0 Å². The molecule has 6 nitrogen and oxygen atoms in total. The van der Waals surface area contributed by atoms with Crippen LogP contribution in [-0.4, -0.2) is 29.5 Å². The van der Waals surface area contributed by atoms with E-state index in [0.29, 0.717) is 13.1 Å². The topological polar surface area (TPSA) is 63.0 Å². The van der Waals surface area contributed by atoms with Crippen LogP contribution in [0.4, 0.5) is 0 Å². The largest absolute Gasteiger partial charge is 0.497 e. The van der Waals surface area contributed by atoms with Gasteiger partial charge in [-0.25, -0.2) is 4.98 Å². The first-order chi connectivity index (χ1) is 11.3. The minimum absolute atomic E-state index is 0.636. The number of guanidine groups is 1. The predicted molar refractivity (Wildman–Crippen MR) is 93.1 cm³/mol. The maximum Gasteiger partial charge on any atom is 0.193 e. The van der Waals surface area contributed by atoms with Crippen LogP contribution in [0.5, 0.6) is 5.75 Å². The molecule has 2 aromatic heterocycles. The van der Waals surface area contributed by atoms with Gasteiger partial charge in [0.2, 0.25) is 0 Å². The van der Waals surface area contributed by atoms with Gasteiger partial charge in [-0.3, -0.25) is 9.39 Å². The van der Waals surface area contributed by atoms with E-state index in [1.165, 1.54) is 0 Å². The molecule has 120 valence electrons. The van der Waals surface area contributed by atoms with Crippen LogP contribution in [-0.2, 0) is 13.1 Å². The summed E-state index contributed by atoms with van der Waals surface area (Å²) in [4.78, 5) is 9.77. The highest BCUT2D eigenvalue weighted by Gasteiger charge is 2.04. The van der Waals surface area contributed by atoms with Gasteiger partial charge in [0.15, 0.2) is 10.9 Å². The van der Waals surface area contributed by atoms with Crippen molar-refractivity contribution in [1.82, 2.24) is 20.0 Å². The lowest BCUT2D eigenvalue weighted by molar-refractivity contribution is 0.414. The van der Waals surface area contributed by atoms with Gasteiger partial charge in [0.1, 0.15) is 5.75 Å². The van der Waals surface area contributed by atoms with Crippen molar-refractivity contribution in [3.05, 3.63) is 53.3 Å². The lowest BCUT2D eigenvalue weighted by Crippen LogP contribution is -2.36. The highest BCUT2D eigenvalue weighted by atomic mass is 32.1. The van der Waals surface area contributed by atoms with E-state index < -0.39 is 0 Å². The number of hydrogen-bond acceptors (Lipinski definition) is 4. The summed E-state index contributed by atoms with van der Waals surface area (Å²) in [6, 6.07) is 7.96. The van der Waals surface area contributed by atoms with Gasteiger partial charge in [-0.05, 0) is 17.7 Å². The Morgan fingerprint density at radius 2 is 2.04 bits per heavy atom. The first-order valence-electron chi connectivity index (χ1n) is 7.27. The Labute approximate surface area is 138 Å². The van der Waals surface area contributed by atoms with Crippen LogP contribution in [0.2, 0.25) is 0 Å². The van der Waals surface area contributed by atoms with Crippen LogP contribution in [0.25, 0.3) is 4.96 Å². The fraction of sp³-hybridized carbons (Fsp3) is 0.250. The number of thiazole rings is 1. The minimum atomic E-state index is 0.636. The van der Waals surface area contributed by atoms with E-state index >= 15 is 0 Å². The number of aliphatic imine (C=N–C) groups is 1. The molecule has 0 aliphatic rings. The number of aromatic nitrogens is 2. The molecule has 2 heterocycles. The highest BCUT2D eigenvalue weighted by Crippen LogP contribution is 2.12. The molecule has 7 heteroatoms. The number of fused-ring (bicyclic) bond motifs is 1. The summed E-state index contributed by atoms with van der Waals surface area (Å²) in [5.41, 5.74) is 2.15. The summed E-state index contributed by atoms with van der Waals surface area (Å²) in [6.07, 6.45) is 4.03. The monoisotopic (exact) mass is 329 g/mol. The van der Waals surface area contributed by atoms with Crippen molar-refractivity contribution in [2.45, 2.75) is 13.1 Å². The molecule has 0 atom stereocenters. The average molecular weight is 329 g/mol. The third-order valence-electron chi connectivity index (χ3n) is 3.42. The number of nitrogens with one attached hydrogen (secondary N) is 2. The lowest BCUT2D eigenvalue weighted by atomic mass is 10.2. The molecular formula is C16H19N5OS. The maximum absolute atomic E-state index is 5.16. The maximum atomic E-state index is 5.16. The van der Waals surface area contributed by atoms with Gasteiger partial charge in [0.25, 0.3) is 0 Å². The molecule has 0 amide bonds. The Hall–Kier alpha value is -2.54. The zero-order valence-corrected chi connectivity index (χ0v) is 13.9. The molecule has 3 aromatic rings. The first kappa shape index (κ1) is 15.4. The lowest BCUT2D eigenvalue weighted by Gasteiger charge is -2.11. The normalized spacial score (nSPS) is 11.7. The molecule has 0 spiro atoms. The van der Waals surface area contributed by atoms with Crippen LogP contribution in [0, 0.1) is 0 Å². The Morgan fingerprint density at radius 1 is 1.26 bits per heavy atom. The zero-order chi connectivity index (χ0) is 16.1. The zero-order valence-electron chi connectivity index (χ0n) is 13.1. The summed E-state index contributed by atoms with van der Waals surface area (Å²) in [6.45, 7) is 1.33. The molecule has 0 aliphatic heterocycles. The molecule has 0 saturated heterocycles. The molecule has 0 unspecified atom stereocenters. The SMILES string of the molecule is CN=C(NCc1ccc(OC)cc1)NCc1cn2ccsc2n1. The van der Waals surface area contributed by atoms with Gasteiger partial charge in [-0.1, -0.05) is 12.1 Å². The number of hydrogen-bond donors (Lipinski definition) is 2. The molecule has 3 rings (SSSR count). The summed E-state index contributed by atoms with van der Waals surface area (Å²) in [7, 11) is 3.42. The van der Waals surface area contributed by atoms with E-state index in [9.17, 15) is 0 Å². The Morgan fingerprint density at radius 3 is 2.74 bits per heavy atom. The van der Waals surface area contributed by atoms with Gasteiger partial charge in [-0.2, -0.15) is 0 Å². The van der Waals surface area contributed by atoms with Crippen molar-refractivity contribution in [2.24, 2.45) is 4.99 Å². The Bertz CT molecular complexity index is 762. The summed E-state index contributed by atoms with van der Waals surface area (Å²) in [5.74, 6) is 1.60. The van der Waals surface area contributed by atoms with E-state index in [2.05, 4.69) is 20.6 Å². The first-order valence-corrected chi connectivity index (χ1v) is 8.15. The van der Waals surface area contributed by atoms with E-state index in [1.54, 1.807) is 25.5 Å². The van der Waals surface area contributed by atoms with Crippen molar-refractivity contribution in [3.63, 3.8) is 0 Å². The van der Waals surface area contributed by atoms with Crippen molar-refractivity contribution >= 4 is 22.3 Å². The predicted octanol–water partition coefficient (Wildman–Crippen LogP) is 2.27. The third kappa shape index (κ3) is 3.81. The van der Waals surface area contributed by atoms with Gasteiger partial charge >= 0.3 is 0 Å². The molecule has 0 fully saturated rings. The van der Waals surface area contributed by atoms with E-state index in [1.807, 2.05) is 46.4 Å². The van der Waals surface area contributed by atoms with Crippen molar-refractivity contribution in [3.8, 4) is 5.75 Å². The Kier molecular flexibility index (Phi) is 4.77. The standard InChI is InChI=1S/C16H19N5OS/c1-17-15(18-9-12-3-5-14(22-2)6-4-12)19-10-13-11-21-7-8-23-16(21)20-13/h3-8,11H,9-10H2,1-2H3,(H2,17,18,19). The molecule has 2 N–H and O–H groups in total. The highest BCUT2D eigenvalue weighted by molar-refractivity contribution is 7.15. The fourth-order valence-electron chi connectivity index (χ4n) is 2.19. The third-order valence-corrected chi connectivity index (χ3v) is 4.19. The second-order valence-electron chi connectivity index (χ2n) is 4.95. The molecule has 0 bridgehead atoms. The molecule has 0 radical (unpaired) electrons. The number of methoxy groups -OCH3 is 1. The second-order valence-corrected chi connectivity index (χ2v) is 5.83. The molecule has 23 heavy (non-hydrogen) atoms. The van der Waals surface area contributed by atoms with Gasteiger partial charge < -0.3 is 15.4 Å². The van der Waals surface area contributed by atoms with Gasteiger partial charge in [0.05, 0.1) is 19.3 Å². The number of benzene rings is 1. The van der Waals surface area contributed by atoms with Crippen molar-refractivity contribution in [2.75, 3.05) is 14.2 Å². The van der Waals surface area contributed by atoms with Crippen LogP contribution >= 0.6 is 11.3 Å². The quantitative estimate of drug-likeness (QED) is 0.557. The minimum Gasteiger partial charge on any atom is -0.497 e. The van der Waals surface area contributed by atoms with Crippen LogP contribution in [0.15, 0.2) is 47.0 Å². The van der Waals surface area contributed by atoms with Gasteiger partial charge in [0, 0.05) is 31.4 Å². The van der Waals surface area contributed by atoms with Crippen LogP contribution in [0.1, 0.15) is 11.3 Å². The average Bonchev–Trinajstić information content (AvgIpc) is 3.17. The van der Waals surface area contributed by atoms with Gasteiger partial charge in [-0.15, -0.1) is 11.3 Å². The van der Waals surface area contributed by atoms with E-state index in [4.69, 9.17) is 4.74 Å². The smallest absolute Gasteiger partial charge is 0.193 e. The van der Waals surface area contributed by atoms with E-state index in [0.717, 1.165) is 27.9 Å².